The number of carbonyl (C=O) groups excluding carboxylic acids is 1. The lowest BCUT2D eigenvalue weighted by Crippen LogP contribution is -2.60. The van der Waals surface area contributed by atoms with Gasteiger partial charge in [-0.1, -0.05) is 37.1 Å². The number of aromatic amines is 1. The quantitative estimate of drug-likeness (QED) is 0.506. The van der Waals surface area contributed by atoms with Crippen LogP contribution in [0.2, 0.25) is 0 Å². The Bertz CT molecular complexity index is 1230. The molecule has 2 aromatic carbocycles. The van der Waals surface area contributed by atoms with Crippen molar-refractivity contribution in [3.63, 3.8) is 0 Å². The predicted molar refractivity (Wildman–Crippen MR) is 147 cm³/mol. The number of fused-ring (bicyclic) bond motifs is 5. The lowest BCUT2D eigenvalue weighted by atomic mass is 9.62. The molecular formula is C31H38N4O. The van der Waals surface area contributed by atoms with E-state index in [4.69, 9.17) is 0 Å². The van der Waals surface area contributed by atoms with Crippen LogP contribution in [-0.2, 0) is 11.2 Å². The molecule has 5 aliphatic rings. The molecule has 8 rings (SSSR count). The molecule has 5 heteroatoms. The fourth-order valence-electron chi connectivity index (χ4n) is 7.86. The molecule has 0 radical (unpaired) electrons. The van der Waals surface area contributed by atoms with Gasteiger partial charge in [0.2, 0.25) is 0 Å². The number of para-hydroxylation sites is 1. The Balaban J connectivity index is 1.14. The van der Waals surface area contributed by atoms with Crippen molar-refractivity contribution in [3.05, 3.63) is 60.3 Å². The summed E-state index contributed by atoms with van der Waals surface area (Å²) in [6.45, 7) is 3.82. The molecule has 5 nitrogen and oxygen atoms in total. The number of piperazine rings is 1. The number of aromatic nitrogens is 1. The fraction of sp³-hybridized carbons (Fsp3) is 0.516. The normalized spacial score (nSPS) is 29.1. The zero-order chi connectivity index (χ0) is 24.1. The van der Waals surface area contributed by atoms with E-state index >= 15 is 0 Å². The van der Waals surface area contributed by atoms with Gasteiger partial charge in [0.05, 0.1) is 6.04 Å². The van der Waals surface area contributed by atoms with Crippen molar-refractivity contribution in [2.24, 2.45) is 17.8 Å². The van der Waals surface area contributed by atoms with E-state index in [0.717, 1.165) is 51.4 Å². The number of aryl methyl sites for hydroxylation is 1. The van der Waals surface area contributed by atoms with Gasteiger partial charge in [0, 0.05) is 66.6 Å². The topological polar surface area (TPSA) is 51.4 Å². The lowest BCUT2D eigenvalue weighted by Gasteiger charge is -2.48. The summed E-state index contributed by atoms with van der Waals surface area (Å²) in [6.07, 6.45) is 10.5. The van der Waals surface area contributed by atoms with Crippen LogP contribution in [0.25, 0.3) is 10.9 Å². The van der Waals surface area contributed by atoms with Gasteiger partial charge in [-0.15, -0.1) is 0 Å². The maximum absolute atomic E-state index is 14.4. The van der Waals surface area contributed by atoms with E-state index < -0.39 is 0 Å². The first-order valence-corrected chi connectivity index (χ1v) is 14.2. The molecule has 1 saturated heterocycles. The van der Waals surface area contributed by atoms with Crippen LogP contribution in [0.15, 0.2) is 54.7 Å². The predicted octanol–water partition coefficient (Wildman–Crippen LogP) is 5.48. The number of anilines is 2. The number of ketones is 1. The highest BCUT2D eigenvalue weighted by Gasteiger charge is 2.45. The number of benzene rings is 2. The zero-order valence-corrected chi connectivity index (χ0v) is 21.2. The molecule has 3 aromatic rings. The van der Waals surface area contributed by atoms with Crippen molar-refractivity contribution < 1.29 is 4.79 Å². The molecule has 0 spiro atoms. The smallest absolute Gasteiger partial charge is 0.155 e. The number of H-pyrrole nitrogens is 1. The molecule has 3 heterocycles. The SMILES string of the molecule is O=C(C1CC2CCC1CC2)C(C1CCc2ccccc2N1)N1CCN(c2cccc3[nH]ccc23)CC1. The summed E-state index contributed by atoms with van der Waals surface area (Å²) >= 11 is 0. The third-order valence-corrected chi connectivity index (χ3v) is 9.79. The number of nitrogens with zero attached hydrogens (tertiary/aromatic N) is 2. The minimum atomic E-state index is -0.0205. The Hall–Kier alpha value is -2.79. The molecular weight excluding hydrogens is 444 g/mol. The van der Waals surface area contributed by atoms with E-state index in [1.54, 1.807) is 0 Å². The standard InChI is InChI=1S/C31H38N4O/c36-31(25-20-21-8-10-22(25)11-9-21)30(28-13-12-23-4-1-2-5-26(23)33-28)35-18-16-34(17-19-35)29-7-3-6-27-24(29)14-15-32-27/h1-7,14-15,21-22,25,28,30,32-33H,8-13,16-20H2. The van der Waals surface area contributed by atoms with Crippen LogP contribution in [0.5, 0.6) is 0 Å². The molecule has 2 bridgehead atoms. The molecule has 1 aromatic heterocycles. The first-order valence-electron chi connectivity index (χ1n) is 14.2. The Morgan fingerprint density at radius 3 is 2.53 bits per heavy atom. The number of rotatable bonds is 5. The Labute approximate surface area is 214 Å². The van der Waals surface area contributed by atoms with E-state index in [-0.39, 0.29) is 18.0 Å². The fourth-order valence-corrected chi connectivity index (χ4v) is 7.86. The minimum Gasteiger partial charge on any atom is -0.380 e. The van der Waals surface area contributed by atoms with Crippen LogP contribution in [0.4, 0.5) is 11.4 Å². The van der Waals surface area contributed by atoms with Gasteiger partial charge in [-0.2, -0.15) is 0 Å². The van der Waals surface area contributed by atoms with Gasteiger partial charge in [0.1, 0.15) is 0 Å². The van der Waals surface area contributed by atoms with Gasteiger partial charge >= 0.3 is 0 Å². The van der Waals surface area contributed by atoms with Crippen LogP contribution in [0.1, 0.15) is 44.1 Å². The summed E-state index contributed by atoms with van der Waals surface area (Å²) in [4.78, 5) is 22.8. The van der Waals surface area contributed by atoms with Gasteiger partial charge in [-0.05, 0) is 73.8 Å². The van der Waals surface area contributed by atoms with Crippen LogP contribution in [0, 0.1) is 17.8 Å². The lowest BCUT2D eigenvalue weighted by molar-refractivity contribution is -0.134. The number of nitrogens with one attached hydrogen (secondary N) is 2. The summed E-state index contributed by atoms with van der Waals surface area (Å²) < 4.78 is 0. The van der Waals surface area contributed by atoms with Crippen LogP contribution in [0.3, 0.4) is 0 Å². The number of hydrogen-bond acceptors (Lipinski definition) is 4. The van der Waals surface area contributed by atoms with Gasteiger partial charge in [0.15, 0.2) is 5.78 Å². The third-order valence-electron chi connectivity index (χ3n) is 9.79. The second kappa shape index (κ2) is 9.26. The van der Waals surface area contributed by atoms with E-state index in [0.29, 0.717) is 11.7 Å². The van der Waals surface area contributed by atoms with E-state index in [2.05, 4.69) is 68.6 Å². The summed E-state index contributed by atoms with van der Waals surface area (Å²) in [5, 5.41) is 5.14. The molecule has 4 fully saturated rings. The molecule has 3 aliphatic carbocycles. The largest absolute Gasteiger partial charge is 0.380 e. The van der Waals surface area contributed by atoms with Crippen molar-refractivity contribution in [1.29, 1.82) is 0 Å². The molecule has 2 N–H and O–H groups in total. The van der Waals surface area contributed by atoms with E-state index in [1.165, 1.54) is 53.5 Å². The second-order valence-electron chi connectivity index (χ2n) is 11.7. The monoisotopic (exact) mass is 482 g/mol. The van der Waals surface area contributed by atoms with Gasteiger partial charge in [0.25, 0.3) is 0 Å². The molecule has 3 unspecified atom stereocenters. The average molecular weight is 483 g/mol. The minimum absolute atomic E-state index is 0.0205. The van der Waals surface area contributed by atoms with Crippen LogP contribution < -0.4 is 10.2 Å². The van der Waals surface area contributed by atoms with Gasteiger partial charge in [-0.3, -0.25) is 9.69 Å². The number of hydrogen-bond donors (Lipinski definition) is 2. The number of Topliss-reactive ketones (excluding diaryl/α,β-unsaturated/α-hetero) is 1. The van der Waals surface area contributed by atoms with Gasteiger partial charge < -0.3 is 15.2 Å². The molecule has 3 saturated carbocycles. The van der Waals surface area contributed by atoms with Crippen molar-refractivity contribution in [3.8, 4) is 0 Å². The summed E-state index contributed by atoms with van der Waals surface area (Å²) in [5.74, 6) is 2.22. The Morgan fingerprint density at radius 2 is 1.72 bits per heavy atom. The molecule has 0 amide bonds. The van der Waals surface area contributed by atoms with Crippen molar-refractivity contribution >= 4 is 28.1 Å². The second-order valence-corrected chi connectivity index (χ2v) is 11.7. The molecule has 36 heavy (non-hydrogen) atoms. The summed E-state index contributed by atoms with van der Waals surface area (Å²) in [6, 6.07) is 17.6. The van der Waals surface area contributed by atoms with E-state index in [9.17, 15) is 4.79 Å². The highest BCUT2D eigenvalue weighted by atomic mass is 16.1. The average Bonchev–Trinajstić information content (AvgIpc) is 3.43. The van der Waals surface area contributed by atoms with Crippen LogP contribution in [-0.4, -0.2) is 53.9 Å². The van der Waals surface area contributed by atoms with E-state index in [1.807, 2.05) is 6.20 Å². The zero-order valence-electron chi connectivity index (χ0n) is 21.2. The first-order chi connectivity index (χ1) is 17.7. The highest BCUT2D eigenvalue weighted by Crippen LogP contribution is 2.46. The summed E-state index contributed by atoms with van der Waals surface area (Å²) in [7, 11) is 0. The molecule has 188 valence electrons. The highest BCUT2D eigenvalue weighted by molar-refractivity contribution is 5.92. The van der Waals surface area contributed by atoms with Crippen LogP contribution >= 0.6 is 0 Å². The first kappa shape index (κ1) is 22.4. The maximum Gasteiger partial charge on any atom is 0.155 e. The Kier molecular flexibility index (Phi) is 5.76. The molecule has 2 aliphatic heterocycles. The van der Waals surface area contributed by atoms with Crippen molar-refractivity contribution in [2.45, 2.75) is 57.0 Å². The molecule has 3 atom stereocenters. The summed E-state index contributed by atoms with van der Waals surface area (Å²) in [5.41, 5.74) is 5.13. The van der Waals surface area contributed by atoms with Crippen molar-refractivity contribution in [2.75, 3.05) is 36.4 Å². The third kappa shape index (κ3) is 3.92. The van der Waals surface area contributed by atoms with Crippen molar-refractivity contribution in [1.82, 2.24) is 9.88 Å². The maximum atomic E-state index is 14.4. The van der Waals surface area contributed by atoms with Gasteiger partial charge in [-0.25, -0.2) is 0 Å². The Morgan fingerprint density at radius 1 is 0.889 bits per heavy atom. The number of carbonyl (C=O) groups is 1.